The van der Waals surface area contributed by atoms with Crippen LogP contribution in [-0.4, -0.2) is 10.2 Å². The van der Waals surface area contributed by atoms with Crippen LogP contribution >= 0.6 is 0 Å². The van der Waals surface area contributed by atoms with Crippen molar-refractivity contribution in [2.45, 2.75) is 13.0 Å². The molecule has 0 amide bonds. The Morgan fingerprint density at radius 3 is 2.29 bits per heavy atom. The van der Waals surface area contributed by atoms with E-state index >= 15 is 0 Å². The average Bonchev–Trinajstić information content (AvgIpc) is 2.29. The third-order valence-corrected chi connectivity index (χ3v) is 2.76. The number of benzene rings is 2. The van der Waals surface area contributed by atoms with Gasteiger partial charge in [0.05, 0.1) is 0 Å². The fourth-order valence-electron chi connectivity index (χ4n) is 1.74. The molecule has 2 rings (SSSR count). The Kier molecular flexibility index (Phi) is 3.02. The van der Waals surface area contributed by atoms with Crippen LogP contribution in [0.3, 0.4) is 0 Å². The average molecular weight is 229 g/mol. The van der Waals surface area contributed by atoms with E-state index in [9.17, 15) is 10.2 Å². The van der Waals surface area contributed by atoms with Crippen LogP contribution in [0.2, 0.25) is 0 Å². The molecule has 0 aliphatic rings. The third kappa shape index (κ3) is 2.40. The lowest BCUT2D eigenvalue weighted by Crippen LogP contribution is -2.03. The van der Waals surface area contributed by atoms with Crippen molar-refractivity contribution in [3.8, 4) is 5.75 Å². The number of hydrogen-bond acceptors (Lipinski definition) is 3. The minimum Gasteiger partial charge on any atom is -0.508 e. The molecule has 0 fully saturated rings. The van der Waals surface area contributed by atoms with E-state index in [1.807, 2.05) is 31.2 Å². The maximum atomic E-state index is 10.2. The molecule has 2 aromatic rings. The lowest BCUT2D eigenvalue weighted by Gasteiger charge is -2.14. The summed E-state index contributed by atoms with van der Waals surface area (Å²) in [7, 11) is 0. The maximum Gasteiger partial charge on any atom is 0.117 e. The minimum atomic E-state index is -0.767. The minimum absolute atomic E-state index is 0.0994. The summed E-state index contributed by atoms with van der Waals surface area (Å²) in [6, 6.07) is 12.2. The van der Waals surface area contributed by atoms with Gasteiger partial charge in [-0.1, -0.05) is 35.9 Å². The number of hydrogen-bond donors (Lipinski definition) is 3. The number of aromatic hydroxyl groups is 1. The molecular weight excluding hydrogens is 214 g/mol. The van der Waals surface area contributed by atoms with Gasteiger partial charge in [-0.25, -0.2) is 0 Å². The molecule has 0 radical (unpaired) electrons. The maximum absolute atomic E-state index is 10.2. The molecule has 0 bridgehead atoms. The zero-order valence-electron chi connectivity index (χ0n) is 9.59. The topological polar surface area (TPSA) is 66.5 Å². The van der Waals surface area contributed by atoms with Crippen molar-refractivity contribution < 1.29 is 10.2 Å². The van der Waals surface area contributed by atoms with Crippen molar-refractivity contribution in [3.05, 3.63) is 59.2 Å². The first-order valence-corrected chi connectivity index (χ1v) is 5.41. The number of phenols is 1. The van der Waals surface area contributed by atoms with Crippen molar-refractivity contribution in [2.75, 3.05) is 5.73 Å². The van der Waals surface area contributed by atoms with Crippen molar-refractivity contribution in [1.82, 2.24) is 0 Å². The van der Waals surface area contributed by atoms with E-state index in [-0.39, 0.29) is 5.75 Å². The lowest BCUT2D eigenvalue weighted by molar-refractivity contribution is 0.221. The van der Waals surface area contributed by atoms with Crippen LogP contribution in [0.25, 0.3) is 0 Å². The largest absolute Gasteiger partial charge is 0.508 e. The van der Waals surface area contributed by atoms with Crippen LogP contribution in [0.15, 0.2) is 42.5 Å². The summed E-state index contributed by atoms with van der Waals surface area (Å²) in [5.74, 6) is 0.0994. The van der Waals surface area contributed by atoms with E-state index < -0.39 is 6.10 Å². The number of aliphatic hydroxyl groups excluding tert-OH is 1. The molecule has 17 heavy (non-hydrogen) atoms. The Labute approximate surface area is 100 Å². The van der Waals surface area contributed by atoms with Gasteiger partial charge < -0.3 is 15.9 Å². The molecule has 0 saturated heterocycles. The molecule has 0 heterocycles. The standard InChI is InChI=1S/C14H15NO2/c1-9-2-4-10(5-3-9)14(17)12-7-6-11(16)8-13(12)15/h2-8,14,16-17H,15H2,1H3. The normalized spacial score (nSPS) is 12.4. The second-order valence-corrected chi connectivity index (χ2v) is 4.13. The van der Waals surface area contributed by atoms with E-state index in [0.29, 0.717) is 11.3 Å². The summed E-state index contributed by atoms with van der Waals surface area (Å²) in [5.41, 5.74) is 8.68. The summed E-state index contributed by atoms with van der Waals surface area (Å²) in [5, 5.41) is 19.5. The van der Waals surface area contributed by atoms with Gasteiger partial charge >= 0.3 is 0 Å². The molecule has 0 aliphatic carbocycles. The summed E-state index contributed by atoms with van der Waals surface area (Å²) in [6.07, 6.45) is -0.767. The fraction of sp³-hybridized carbons (Fsp3) is 0.143. The molecule has 4 N–H and O–H groups in total. The molecule has 0 aromatic heterocycles. The molecule has 3 nitrogen and oxygen atoms in total. The number of nitrogens with two attached hydrogens (primary N) is 1. The Morgan fingerprint density at radius 1 is 1.06 bits per heavy atom. The van der Waals surface area contributed by atoms with E-state index in [0.717, 1.165) is 11.1 Å². The van der Waals surface area contributed by atoms with Crippen LogP contribution in [0, 0.1) is 6.92 Å². The van der Waals surface area contributed by atoms with Crippen LogP contribution < -0.4 is 5.73 Å². The number of aliphatic hydroxyl groups is 1. The van der Waals surface area contributed by atoms with Gasteiger partial charge in [0.1, 0.15) is 11.9 Å². The zero-order valence-corrected chi connectivity index (χ0v) is 9.59. The SMILES string of the molecule is Cc1ccc(C(O)c2ccc(O)cc2N)cc1. The Hall–Kier alpha value is -2.00. The molecule has 1 atom stereocenters. The smallest absolute Gasteiger partial charge is 0.117 e. The van der Waals surface area contributed by atoms with Gasteiger partial charge in [-0.15, -0.1) is 0 Å². The molecule has 0 saturated carbocycles. The number of nitrogen functional groups attached to an aromatic ring is 1. The van der Waals surface area contributed by atoms with Gasteiger partial charge in [0.25, 0.3) is 0 Å². The molecule has 2 aromatic carbocycles. The number of rotatable bonds is 2. The monoisotopic (exact) mass is 229 g/mol. The van der Waals surface area contributed by atoms with Gasteiger partial charge in [-0.3, -0.25) is 0 Å². The van der Waals surface area contributed by atoms with Crippen molar-refractivity contribution in [3.63, 3.8) is 0 Å². The molecule has 3 heteroatoms. The number of anilines is 1. The predicted octanol–water partition coefficient (Wildman–Crippen LogP) is 2.36. The summed E-state index contributed by atoms with van der Waals surface area (Å²) < 4.78 is 0. The third-order valence-electron chi connectivity index (χ3n) is 2.76. The van der Waals surface area contributed by atoms with Crippen LogP contribution in [0.5, 0.6) is 5.75 Å². The Morgan fingerprint density at radius 2 is 1.71 bits per heavy atom. The van der Waals surface area contributed by atoms with E-state index in [1.165, 1.54) is 12.1 Å². The molecule has 0 spiro atoms. The van der Waals surface area contributed by atoms with Crippen molar-refractivity contribution in [1.29, 1.82) is 0 Å². The van der Waals surface area contributed by atoms with E-state index in [4.69, 9.17) is 5.73 Å². The molecule has 0 aliphatic heterocycles. The highest BCUT2D eigenvalue weighted by Gasteiger charge is 2.13. The van der Waals surface area contributed by atoms with Gasteiger partial charge in [0.15, 0.2) is 0 Å². The van der Waals surface area contributed by atoms with Gasteiger partial charge in [0, 0.05) is 17.3 Å². The molecular formula is C14H15NO2. The second-order valence-electron chi connectivity index (χ2n) is 4.13. The highest BCUT2D eigenvalue weighted by molar-refractivity contribution is 5.54. The van der Waals surface area contributed by atoms with E-state index in [1.54, 1.807) is 6.07 Å². The van der Waals surface area contributed by atoms with Crippen LogP contribution in [0.1, 0.15) is 22.8 Å². The first kappa shape index (κ1) is 11.5. The zero-order chi connectivity index (χ0) is 12.4. The molecule has 88 valence electrons. The second kappa shape index (κ2) is 4.47. The number of phenolic OH excluding ortho intramolecular Hbond substituents is 1. The fourth-order valence-corrected chi connectivity index (χ4v) is 1.74. The van der Waals surface area contributed by atoms with Gasteiger partial charge in [-0.2, -0.15) is 0 Å². The van der Waals surface area contributed by atoms with Crippen LogP contribution in [0.4, 0.5) is 5.69 Å². The highest BCUT2D eigenvalue weighted by Crippen LogP contribution is 2.29. The lowest BCUT2D eigenvalue weighted by atomic mass is 9.99. The first-order chi connectivity index (χ1) is 8.08. The summed E-state index contributed by atoms with van der Waals surface area (Å²) >= 11 is 0. The summed E-state index contributed by atoms with van der Waals surface area (Å²) in [6.45, 7) is 1.99. The van der Waals surface area contributed by atoms with E-state index in [2.05, 4.69) is 0 Å². The highest BCUT2D eigenvalue weighted by atomic mass is 16.3. The summed E-state index contributed by atoms with van der Waals surface area (Å²) in [4.78, 5) is 0. The predicted molar refractivity (Wildman–Crippen MR) is 67.8 cm³/mol. The Bertz CT molecular complexity index is 520. The van der Waals surface area contributed by atoms with Crippen molar-refractivity contribution >= 4 is 5.69 Å². The van der Waals surface area contributed by atoms with Gasteiger partial charge in [-0.05, 0) is 18.6 Å². The van der Waals surface area contributed by atoms with Crippen LogP contribution in [-0.2, 0) is 0 Å². The molecule has 1 unspecified atom stereocenters. The quantitative estimate of drug-likeness (QED) is 0.692. The Balaban J connectivity index is 2.36. The number of aryl methyl sites for hydroxylation is 1. The first-order valence-electron chi connectivity index (χ1n) is 5.41. The van der Waals surface area contributed by atoms with Crippen molar-refractivity contribution in [2.24, 2.45) is 0 Å². The van der Waals surface area contributed by atoms with Gasteiger partial charge in [0.2, 0.25) is 0 Å².